The van der Waals surface area contributed by atoms with Gasteiger partial charge in [-0.25, -0.2) is 0 Å². The SMILES string of the molecule is CN=C(NCC1CCN(c2ccccc2)C1)NC1CCN(C(C)C)CC1. The van der Waals surface area contributed by atoms with Gasteiger partial charge in [0.25, 0.3) is 0 Å². The normalized spacial score (nSPS) is 22.8. The fraction of sp³-hybridized carbons (Fsp3) is 0.667. The van der Waals surface area contributed by atoms with Crippen molar-refractivity contribution in [2.24, 2.45) is 10.9 Å². The van der Waals surface area contributed by atoms with E-state index in [9.17, 15) is 0 Å². The van der Waals surface area contributed by atoms with E-state index in [-0.39, 0.29) is 0 Å². The Morgan fingerprint density at radius 3 is 2.50 bits per heavy atom. The first-order chi connectivity index (χ1) is 12.7. The van der Waals surface area contributed by atoms with E-state index in [1.165, 1.54) is 38.0 Å². The fourth-order valence-electron chi connectivity index (χ4n) is 4.06. The van der Waals surface area contributed by atoms with Gasteiger partial charge in [-0.1, -0.05) is 18.2 Å². The molecule has 2 fully saturated rings. The van der Waals surface area contributed by atoms with Crippen molar-refractivity contribution < 1.29 is 0 Å². The third-order valence-electron chi connectivity index (χ3n) is 5.79. The van der Waals surface area contributed by atoms with Gasteiger partial charge in [0.1, 0.15) is 0 Å². The van der Waals surface area contributed by atoms with Crippen molar-refractivity contribution in [3.63, 3.8) is 0 Å². The van der Waals surface area contributed by atoms with Crippen LogP contribution in [0.3, 0.4) is 0 Å². The number of anilines is 1. The number of piperidine rings is 1. The number of para-hydroxylation sites is 1. The van der Waals surface area contributed by atoms with Crippen LogP contribution in [0.2, 0.25) is 0 Å². The van der Waals surface area contributed by atoms with Gasteiger partial charge < -0.3 is 20.4 Å². The van der Waals surface area contributed by atoms with Crippen molar-refractivity contribution in [3.05, 3.63) is 30.3 Å². The molecule has 2 N–H and O–H groups in total. The van der Waals surface area contributed by atoms with Gasteiger partial charge in [0.2, 0.25) is 0 Å². The summed E-state index contributed by atoms with van der Waals surface area (Å²) in [5.74, 6) is 1.64. The predicted octanol–water partition coefficient (Wildman–Crippen LogP) is 2.55. The lowest BCUT2D eigenvalue weighted by Crippen LogP contribution is -2.50. The van der Waals surface area contributed by atoms with Gasteiger partial charge in [0, 0.05) is 57.5 Å². The molecule has 0 aromatic heterocycles. The Hall–Kier alpha value is -1.75. The quantitative estimate of drug-likeness (QED) is 0.628. The molecule has 2 aliphatic heterocycles. The van der Waals surface area contributed by atoms with E-state index in [4.69, 9.17) is 0 Å². The fourth-order valence-corrected chi connectivity index (χ4v) is 4.06. The molecule has 1 aromatic carbocycles. The van der Waals surface area contributed by atoms with Crippen LogP contribution in [-0.4, -0.2) is 62.7 Å². The van der Waals surface area contributed by atoms with Crippen LogP contribution in [0.1, 0.15) is 33.1 Å². The summed E-state index contributed by atoms with van der Waals surface area (Å²) in [4.78, 5) is 9.49. The Labute approximate surface area is 158 Å². The number of guanidine groups is 1. The average molecular weight is 358 g/mol. The molecule has 2 saturated heterocycles. The Morgan fingerprint density at radius 1 is 1.12 bits per heavy atom. The van der Waals surface area contributed by atoms with Crippen molar-refractivity contribution in [3.8, 4) is 0 Å². The molecular formula is C21H35N5. The highest BCUT2D eigenvalue weighted by atomic mass is 15.2. The monoisotopic (exact) mass is 357 g/mol. The van der Waals surface area contributed by atoms with Crippen molar-refractivity contribution >= 4 is 11.6 Å². The summed E-state index contributed by atoms with van der Waals surface area (Å²) in [6.07, 6.45) is 3.64. The van der Waals surface area contributed by atoms with Gasteiger partial charge in [-0.3, -0.25) is 4.99 Å². The third-order valence-corrected chi connectivity index (χ3v) is 5.79. The maximum atomic E-state index is 4.44. The van der Waals surface area contributed by atoms with Gasteiger partial charge in [0.15, 0.2) is 5.96 Å². The topological polar surface area (TPSA) is 42.9 Å². The lowest BCUT2D eigenvalue weighted by atomic mass is 10.0. The molecule has 2 heterocycles. The summed E-state index contributed by atoms with van der Waals surface area (Å²) >= 11 is 0. The maximum absolute atomic E-state index is 4.44. The Morgan fingerprint density at radius 2 is 1.85 bits per heavy atom. The molecule has 1 aromatic rings. The molecule has 2 aliphatic rings. The molecule has 0 radical (unpaired) electrons. The van der Waals surface area contributed by atoms with E-state index in [1.54, 1.807) is 0 Å². The molecule has 3 rings (SSSR count). The zero-order chi connectivity index (χ0) is 18.4. The highest BCUT2D eigenvalue weighted by molar-refractivity contribution is 5.80. The van der Waals surface area contributed by atoms with Crippen LogP contribution in [0.4, 0.5) is 5.69 Å². The van der Waals surface area contributed by atoms with Gasteiger partial charge in [-0.2, -0.15) is 0 Å². The number of hydrogen-bond acceptors (Lipinski definition) is 3. The number of hydrogen-bond donors (Lipinski definition) is 2. The first-order valence-corrected chi connectivity index (χ1v) is 10.2. The summed E-state index contributed by atoms with van der Waals surface area (Å²) in [6, 6.07) is 11.9. The number of nitrogens with one attached hydrogen (secondary N) is 2. The summed E-state index contributed by atoms with van der Waals surface area (Å²) in [5, 5.41) is 7.19. The zero-order valence-corrected chi connectivity index (χ0v) is 16.6. The molecule has 5 heteroatoms. The molecule has 0 bridgehead atoms. The van der Waals surface area contributed by atoms with Gasteiger partial charge in [-0.15, -0.1) is 0 Å². The molecule has 0 saturated carbocycles. The second-order valence-corrected chi connectivity index (χ2v) is 7.94. The molecule has 144 valence electrons. The third kappa shape index (κ3) is 5.13. The van der Waals surface area contributed by atoms with Crippen LogP contribution < -0.4 is 15.5 Å². The molecule has 0 amide bonds. The second kappa shape index (κ2) is 9.26. The molecular weight excluding hydrogens is 322 g/mol. The van der Waals surface area contributed by atoms with E-state index in [0.29, 0.717) is 18.0 Å². The van der Waals surface area contributed by atoms with Crippen molar-refractivity contribution in [2.75, 3.05) is 44.7 Å². The zero-order valence-electron chi connectivity index (χ0n) is 16.6. The predicted molar refractivity (Wildman–Crippen MR) is 111 cm³/mol. The van der Waals surface area contributed by atoms with E-state index in [1.807, 2.05) is 7.05 Å². The van der Waals surface area contributed by atoms with Crippen molar-refractivity contribution in [1.29, 1.82) is 0 Å². The van der Waals surface area contributed by atoms with Crippen molar-refractivity contribution in [2.45, 2.75) is 45.2 Å². The minimum Gasteiger partial charge on any atom is -0.371 e. The summed E-state index contributed by atoms with van der Waals surface area (Å²) in [6.45, 7) is 10.2. The van der Waals surface area contributed by atoms with Gasteiger partial charge >= 0.3 is 0 Å². The van der Waals surface area contributed by atoms with Crippen LogP contribution >= 0.6 is 0 Å². The number of likely N-dealkylation sites (tertiary alicyclic amines) is 1. The van der Waals surface area contributed by atoms with E-state index in [0.717, 1.165) is 25.6 Å². The summed E-state index contributed by atoms with van der Waals surface area (Å²) < 4.78 is 0. The molecule has 5 nitrogen and oxygen atoms in total. The minimum atomic E-state index is 0.542. The maximum Gasteiger partial charge on any atom is 0.191 e. The smallest absolute Gasteiger partial charge is 0.191 e. The van der Waals surface area contributed by atoms with Crippen LogP contribution in [0.25, 0.3) is 0 Å². The highest BCUT2D eigenvalue weighted by Crippen LogP contribution is 2.23. The molecule has 0 spiro atoms. The first-order valence-electron chi connectivity index (χ1n) is 10.2. The largest absolute Gasteiger partial charge is 0.371 e. The van der Waals surface area contributed by atoms with Gasteiger partial charge in [0.05, 0.1) is 0 Å². The highest BCUT2D eigenvalue weighted by Gasteiger charge is 2.24. The van der Waals surface area contributed by atoms with E-state index in [2.05, 4.69) is 69.6 Å². The van der Waals surface area contributed by atoms with Crippen LogP contribution in [0.5, 0.6) is 0 Å². The molecule has 1 atom stereocenters. The number of aliphatic imine (C=N–C) groups is 1. The van der Waals surface area contributed by atoms with Crippen molar-refractivity contribution in [1.82, 2.24) is 15.5 Å². The van der Waals surface area contributed by atoms with E-state index < -0.39 is 0 Å². The molecule has 26 heavy (non-hydrogen) atoms. The number of nitrogens with zero attached hydrogens (tertiary/aromatic N) is 3. The van der Waals surface area contributed by atoms with Gasteiger partial charge in [-0.05, 0) is 51.2 Å². The summed E-state index contributed by atoms with van der Waals surface area (Å²) in [5.41, 5.74) is 1.34. The Kier molecular flexibility index (Phi) is 6.78. The molecule has 1 unspecified atom stereocenters. The minimum absolute atomic E-state index is 0.542. The Balaban J connectivity index is 1.40. The van der Waals surface area contributed by atoms with Crippen LogP contribution in [0.15, 0.2) is 35.3 Å². The van der Waals surface area contributed by atoms with E-state index >= 15 is 0 Å². The van der Waals surface area contributed by atoms with Crippen LogP contribution in [0, 0.1) is 5.92 Å². The van der Waals surface area contributed by atoms with Crippen LogP contribution in [-0.2, 0) is 0 Å². The lowest BCUT2D eigenvalue weighted by Gasteiger charge is -2.35. The second-order valence-electron chi connectivity index (χ2n) is 7.94. The Bertz CT molecular complexity index is 563. The summed E-state index contributed by atoms with van der Waals surface area (Å²) in [7, 11) is 1.88. The molecule has 0 aliphatic carbocycles. The average Bonchev–Trinajstić information content (AvgIpc) is 3.15. The first kappa shape index (κ1) is 19.0. The number of benzene rings is 1. The lowest BCUT2D eigenvalue weighted by molar-refractivity contribution is 0.167. The standard InChI is InChI=1S/C21H35N5/c1-17(2)25-13-10-19(11-14-25)24-21(22-3)23-15-18-9-12-26(16-18)20-7-5-4-6-8-20/h4-8,17-19H,9-16H2,1-3H3,(H2,22,23,24). The number of rotatable bonds is 5.